The fraction of sp³-hybridized carbons (Fsp3) is 0.786. The molecule has 0 aliphatic rings. The van der Waals surface area contributed by atoms with Gasteiger partial charge in [-0.1, -0.05) is 26.3 Å². The van der Waals surface area contributed by atoms with Crippen LogP contribution in [0.1, 0.15) is 41.5 Å². The van der Waals surface area contributed by atoms with Crippen molar-refractivity contribution in [2.24, 2.45) is 0 Å². The average Bonchev–Trinajstić information content (AvgIpc) is 2.15. The van der Waals surface area contributed by atoms with Gasteiger partial charge in [0, 0.05) is 0 Å². The largest absolute Gasteiger partial charge is 0.463 e. The zero-order chi connectivity index (χ0) is 14.6. The predicted octanol–water partition coefficient (Wildman–Crippen LogP) is 3.91. The number of rotatable bonds is 5. The first-order chi connectivity index (χ1) is 8.03. The van der Waals surface area contributed by atoms with E-state index >= 15 is 0 Å². The van der Waals surface area contributed by atoms with E-state index in [9.17, 15) is 4.79 Å². The number of allylic oxidation sites excluding steroid dienone is 1. The van der Waals surface area contributed by atoms with E-state index in [-0.39, 0.29) is 11.0 Å². The molecule has 0 heterocycles. The monoisotopic (exact) mass is 272 g/mol. The van der Waals surface area contributed by atoms with Gasteiger partial charge in [-0.25, -0.2) is 4.79 Å². The van der Waals surface area contributed by atoms with Crippen LogP contribution in [0.4, 0.5) is 0 Å². The lowest BCUT2D eigenvalue weighted by Crippen LogP contribution is -2.41. The SMILES string of the molecule is CCOC(=O)C(CO[Si](C)(C)C(C)(C)C)=C(C)C. The molecule has 106 valence electrons. The van der Waals surface area contributed by atoms with E-state index in [0.29, 0.717) is 18.8 Å². The summed E-state index contributed by atoms with van der Waals surface area (Å²) < 4.78 is 11.1. The van der Waals surface area contributed by atoms with E-state index in [4.69, 9.17) is 9.16 Å². The highest BCUT2D eigenvalue weighted by Gasteiger charge is 2.37. The van der Waals surface area contributed by atoms with Gasteiger partial charge in [-0.15, -0.1) is 0 Å². The first-order valence-electron chi connectivity index (χ1n) is 6.50. The second kappa shape index (κ2) is 6.52. The summed E-state index contributed by atoms with van der Waals surface area (Å²) in [7, 11) is -1.82. The zero-order valence-corrected chi connectivity index (χ0v) is 14.1. The fourth-order valence-corrected chi connectivity index (χ4v) is 2.03. The van der Waals surface area contributed by atoms with Gasteiger partial charge in [0.05, 0.1) is 18.8 Å². The number of ether oxygens (including phenoxy) is 1. The highest BCUT2D eigenvalue weighted by molar-refractivity contribution is 6.74. The zero-order valence-electron chi connectivity index (χ0n) is 13.1. The molecule has 0 atom stereocenters. The van der Waals surface area contributed by atoms with Crippen molar-refractivity contribution in [1.82, 2.24) is 0 Å². The van der Waals surface area contributed by atoms with Crippen LogP contribution in [-0.4, -0.2) is 27.5 Å². The van der Waals surface area contributed by atoms with Crippen LogP contribution < -0.4 is 0 Å². The standard InChI is InChI=1S/C14H28O3Si/c1-9-16-13(15)12(11(2)3)10-17-18(7,8)14(4,5)6/h9-10H2,1-8H3. The number of esters is 1. The quantitative estimate of drug-likeness (QED) is 0.432. The van der Waals surface area contributed by atoms with Crippen molar-refractivity contribution in [3.05, 3.63) is 11.1 Å². The summed E-state index contributed by atoms with van der Waals surface area (Å²) in [5, 5.41) is 0.147. The Morgan fingerprint density at radius 2 is 1.67 bits per heavy atom. The van der Waals surface area contributed by atoms with E-state index < -0.39 is 8.32 Å². The Labute approximate surface area is 113 Å². The first kappa shape index (κ1) is 17.4. The summed E-state index contributed by atoms with van der Waals surface area (Å²) in [6.07, 6.45) is 0. The van der Waals surface area contributed by atoms with Gasteiger partial charge in [-0.05, 0) is 38.9 Å². The second-order valence-corrected chi connectivity index (χ2v) is 11.1. The third-order valence-corrected chi connectivity index (χ3v) is 7.99. The predicted molar refractivity (Wildman–Crippen MR) is 78.2 cm³/mol. The maximum absolute atomic E-state index is 11.8. The lowest BCUT2D eigenvalue weighted by molar-refractivity contribution is -0.139. The first-order valence-corrected chi connectivity index (χ1v) is 9.41. The summed E-state index contributed by atoms with van der Waals surface area (Å²) in [4.78, 5) is 11.8. The molecular weight excluding hydrogens is 244 g/mol. The number of hydrogen-bond acceptors (Lipinski definition) is 3. The Morgan fingerprint density at radius 1 is 1.17 bits per heavy atom. The summed E-state index contributed by atoms with van der Waals surface area (Å²) in [6, 6.07) is 0. The summed E-state index contributed by atoms with van der Waals surface area (Å²) in [6.45, 7) is 17.3. The second-order valence-electron chi connectivity index (χ2n) is 6.25. The molecule has 0 aromatic carbocycles. The van der Waals surface area contributed by atoms with Crippen molar-refractivity contribution in [2.45, 2.75) is 59.7 Å². The van der Waals surface area contributed by atoms with Gasteiger partial charge in [0.15, 0.2) is 8.32 Å². The highest BCUT2D eigenvalue weighted by atomic mass is 28.4. The molecule has 0 amide bonds. The minimum atomic E-state index is -1.82. The van der Waals surface area contributed by atoms with Crippen molar-refractivity contribution in [3.8, 4) is 0 Å². The molecule has 0 saturated heterocycles. The molecule has 0 aromatic rings. The third kappa shape index (κ3) is 4.94. The highest BCUT2D eigenvalue weighted by Crippen LogP contribution is 2.36. The van der Waals surface area contributed by atoms with E-state index in [1.165, 1.54) is 0 Å². The number of hydrogen-bond donors (Lipinski definition) is 0. The smallest absolute Gasteiger partial charge is 0.336 e. The van der Waals surface area contributed by atoms with E-state index in [0.717, 1.165) is 5.57 Å². The molecule has 0 radical (unpaired) electrons. The minimum absolute atomic E-state index is 0.147. The Hall–Kier alpha value is -0.613. The molecule has 18 heavy (non-hydrogen) atoms. The van der Waals surface area contributed by atoms with Gasteiger partial charge in [0.1, 0.15) is 0 Å². The van der Waals surface area contributed by atoms with Crippen LogP contribution in [0.2, 0.25) is 18.1 Å². The van der Waals surface area contributed by atoms with Crippen LogP contribution >= 0.6 is 0 Å². The van der Waals surface area contributed by atoms with E-state index in [1.807, 2.05) is 20.8 Å². The van der Waals surface area contributed by atoms with Gasteiger partial charge >= 0.3 is 5.97 Å². The van der Waals surface area contributed by atoms with Gasteiger partial charge in [-0.3, -0.25) is 0 Å². The van der Waals surface area contributed by atoms with Crippen LogP contribution in [0.15, 0.2) is 11.1 Å². The Bertz CT molecular complexity index is 320. The molecule has 4 heteroatoms. The maximum Gasteiger partial charge on any atom is 0.336 e. The molecular formula is C14H28O3Si. The molecule has 0 unspecified atom stereocenters. The van der Waals surface area contributed by atoms with Crippen LogP contribution in [0.3, 0.4) is 0 Å². The molecule has 0 spiro atoms. The lowest BCUT2D eigenvalue weighted by Gasteiger charge is -2.36. The van der Waals surface area contributed by atoms with Gasteiger partial charge in [0.25, 0.3) is 0 Å². The minimum Gasteiger partial charge on any atom is -0.463 e. The summed E-state index contributed by atoms with van der Waals surface area (Å²) in [5.74, 6) is -0.254. The van der Waals surface area contributed by atoms with E-state index in [1.54, 1.807) is 0 Å². The topological polar surface area (TPSA) is 35.5 Å². The number of carbonyl (C=O) groups excluding carboxylic acids is 1. The van der Waals surface area contributed by atoms with Crippen LogP contribution in [0, 0.1) is 0 Å². The van der Waals surface area contributed by atoms with Crippen molar-refractivity contribution >= 4 is 14.3 Å². The normalized spacial score (nSPS) is 12.2. The molecule has 0 aliphatic carbocycles. The van der Waals surface area contributed by atoms with Crippen molar-refractivity contribution in [1.29, 1.82) is 0 Å². The molecule has 0 N–H and O–H groups in total. The van der Waals surface area contributed by atoms with Crippen LogP contribution in [-0.2, 0) is 14.0 Å². The third-order valence-electron chi connectivity index (χ3n) is 3.51. The average molecular weight is 272 g/mol. The van der Waals surface area contributed by atoms with Crippen molar-refractivity contribution in [2.75, 3.05) is 13.2 Å². The molecule has 0 fully saturated rings. The van der Waals surface area contributed by atoms with Crippen molar-refractivity contribution in [3.63, 3.8) is 0 Å². The maximum atomic E-state index is 11.8. The Kier molecular flexibility index (Phi) is 6.30. The molecule has 3 nitrogen and oxygen atoms in total. The number of carbonyl (C=O) groups is 1. The summed E-state index contributed by atoms with van der Waals surface area (Å²) in [5.41, 5.74) is 1.62. The molecule has 0 aliphatic heterocycles. The Balaban J connectivity index is 4.77. The van der Waals surface area contributed by atoms with Gasteiger partial charge < -0.3 is 9.16 Å². The van der Waals surface area contributed by atoms with Crippen LogP contribution in [0.25, 0.3) is 0 Å². The fourth-order valence-electron chi connectivity index (χ4n) is 1.09. The molecule has 0 aromatic heterocycles. The molecule has 0 saturated carbocycles. The summed E-state index contributed by atoms with van der Waals surface area (Å²) >= 11 is 0. The Morgan fingerprint density at radius 3 is 2.00 bits per heavy atom. The molecule has 0 bridgehead atoms. The molecule has 0 rings (SSSR count). The van der Waals surface area contributed by atoms with E-state index in [2.05, 4.69) is 33.9 Å². The van der Waals surface area contributed by atoms with Crippen LogP contribution in [0.5, 0.6) is 0 Å². The lowest BCUT2D eigenvalue weighted by atomic mass is 10.2. The van der Waals surface area contributed by atoms with Crippen molar-refractivity contribution < 1.29 is 14.0 Å². The van der Waals surface area contributed by atoms with Gasteiger partial charge in [0.2, 0.25) is 0 Å². The van der Waals surface area contributed by atoms with Gasteiger partial charge in [-0.2, -0.15) is 0 Å².